The molecule has 2 rings (SSSR count). The molecular weight excluding hydrogens is 405 g/mol. The highest BCUT2D eigenvalue weighted by Gasteiger charge is 2.31. The number of carbonyl (C=O) groups is 1. The molecule has 5 nitrogen and oxygen atoms in total. The largest absolute Gasteiger partial charge is 0.416 e. The number of sulfonamides is 1. The second kappa shape index (κ2) is 8.44. The molecule has 0 fully saturated rings. The molecule has 0 saturated heterocycles. The highest BCUT2D eigenvalue weighted by molar-refractivity contribution is 7.92. The van der Waals surface area contributed by atoms with Gasteiger partial charge in [-0.25, -0.2) is 8.42 Å². The lowest BCUT2D eigenvalue weighted by Gasteiger charge is -2.29. The third-order valence-electron chi connectivity index (χ3n) is 4.27. The van der Waals surface area contributed by atoms with Crippen LogP contribution in [0.5, 0.6) is 0 Å². The lowest BCUT2D eigenvalue weighted by Crippen LogP contribution is -2.47. The second-order valence-corrected chi connectivity index (χ2v) is 8.86. The Morgan fingerprint density at radius 2 is 1.69 bits per heavy atom. The number of anilines is 1. The molecule has 0 aliphatic rings. The molecule has 0 spiro atoms. The highest BCUT2D eigenvalue weighted by atomic mass is 32.2. The van der Waals surface area contributed by atoms with Gasteiger partial charge in [-0.1, -0.05) is 18.2 Å². The van der Waals surface area contributed by atoms with Crippen molar-refractivity contribution in [1.82, 2.24) is 5.32 Å². The third kappa shape index (κ3) is 5.96. The Bertz CT molecular complexity index is 984. The van der Waals surface area contributed by atoms with E-state index in [9.17, 15) is 26.4 Å². The van der Waals surface area contributed by atoms with Gasteiger partial charge in [0.2, 0.25) is 15.9 Å². The molecule has 0 bridgehead atoms. The molecule has 1 amide bonds. The number of carbonyl (C=O) groups excluding carboxylic acids is 1. The van der Waals surface area contributed by atoms with Crippen LogP contribution in [0.1, 0.15) is 29.2 Å². The second-order valence-electron chi connectivity index (χ2n) is 7.00. The first kappa shape index (κ1) is 22.7. The van der Waals surface area contributed by atoms with E-state index in [-0.39, 0.29) is 12.1 Å². The van der Waals surface area contributed by atoms with E-state index in [1.807, 2.05) is 19.9 Å². The summed E-state index contributed by atoms with van der Waals surface area (Å²) < 4.78 is 64.2. The van der Waals surface area contributed by atoms with E-state index in [1.165, 1.54) is 19.1 Å². The fourth-order valence-electron chi connectivity index (χ4n) is 3.08. The zero-order valence-electron chi connectivity index (χ0n) is 16.5. The van der Waals surface area contributed by atoms with Crippen LogP contribution in [-0.2, 0) is 27.5 Å². The van der Waals surface area contributed by atoms with Crippen molar-refractivity contribution in [1.29, 1.82) is 0 Å². The number of hydrogen-bond donors (Lipinski definition) is 1. The van der Waals surface area contributed by atoms with E-state index in [1.54, 1.807) is 12.1 Å². The smallest absolute Gasteiger partial charge is 0.350 e. The van der Waals surface area contributed by atoms with Crippen LogP contribution in [0.4, 0.5) is 18.9 Å². The maximum atomic E-state index is 12.8. The van der Waals surface area contributed by atoms with Crippen LogP contribution in [0.25, 0.3) is 0 Å². The fourth-order valence-corrected chi connectivity index (χ4v) is 4.24. The average Bonchev–Trinajstić information content (AvgIpc) is 2.57. The number of amides is 1. The van der Waals surface area contributed by atoms with Crippen molar-refractivity contribution in [3.63, 3.8) is 0 Å². The van der Waals surface area contributed by atoms with E-state index in [0.29, 0.717) is 5.69 Å². The number of hydrogen-bond acceptors (Lipinski definition) is 3. The van der Waals surface area contributed by atoms with Crippen molar-refractivity contribution in [2.24, 2.45) is 0 Å². The van der Waals surface area contributed by atoms with Gasteiger partial charge in [0.1, 0.15) is 6.04 Å². The van der Waals surface area contributed by atoms with Gasteiger partial charge in [0.05, 0.1) is 17.5 Å². The Hall–Kier alpha value is -2.55. The summed E-state index contributed by atoms with van der Waals surface area (Å²) >= 11 is 0. The molecule has 29 heavy (non-hydrogen) atoms. The molecule has 158 valence electrons. The number of halogens is 3. The summed E-state index contributed by atoms with van der Waals surface area (Å²) in [6, 6.07) is 8.71. The molecule has 0 heterocycles. The van der Waals surface area contributed by atoms with Crippen molar-refractivity contribution in [3.8, 4) is 0 Å². The molecular formula is C20H23F3N2O3S. The van der Waals surface area contributed by atoms with Crippen molar-refractivity contribution < 1.29 is 26.4 Å². The molecule has 2 aromatic carbocycles. The van der Waals surface area contributed by atoms with Gasteiger partial charge in [-0.15, -0.1) is 0 Å². The summed E-state index contributed by atoms with van der Waals surface area (Å²) in [7, 11) is -3.78. The van der Waals surface area contributed by atoms with Crippen LogP contribution in [0, 0.1) is 13.8 Å². The first-order valence-electron chi connectivity index (χ1n) is 8.80. The van der Waals surface area contributed by atoms with Crippen LogP contribution in [-0.4, -0.2) is 26.6 Å². The highest BCUT2D eigenvalue weighted by Crippen LogP contribution is 2.29. The predicted molar refractivity (Wildman–Crippen MR) is 106 cm³/mol. The summed E-state index contributed by atoms with van der Waals surface area (Å²) in [5, 5.41) is 2.52. The van der Waals surface area contributed by atoms with Gasteiger partial charge in [-0.3, -0.25) is 9.10 Å². The van der Waals surface area contributed by atoms with Gasteiger partial charge in [-0.05, 0) is 61.7 Å². The topological polar surface area (TPSA) is 66.5 Å². The zero-order valence-corrected chi connectivity index (χ0v) is 17.4. The summed E-state index contributed by atoms with van der Waals surface area (Å²) in [6.45, 7) is 4.91. The Morgan fingerprint density at radius 1 is 1.10 bits per heavy atom. The van der Waals surface area contributed by atoms with Crippen LogP contribution >= 0.6 is 0 Å². The molecule has 0 aliphatic carbocycles. The minimum atomic E-state index is -4.48. The third-order valence-corrected chi connectivity index (χ3v) is 5.51. The minimum absolute atomic E-state index is 0.155. The molecule has 0 aliphatic heterocycles. The SMILES string of the molecule is Cc1cc(C)cc(N([C@H](C)C(=O)NCc2cccc(C(F)(F)F)c2)S(C)(=O)=O)c1. The molecule has 0 saturated carbocycles. The number of nitrogens with one attached hydrogen (secondary N) is 1. The molecule has 1 atom stereocenters. The molecule has 0 unspecified atom stereocenters. The van der Waals surface area contributed by atoms with Crippen LogP contribution < -0.4 is 9.62 Å². The maximum absolute atomic E-state index is 12.8. The Morgan fingerprint density at radius 3 is 2.21 bits per heavy atom. The van der Waals surface area contributed by atoms with Gasteiger partial charge >= 0.3 is 6.18 Å². The summed E-state index contributed by atoms with van der Waals surface area (Å²) in [5.74, 6) is -0.619. The monoisotopic (exact) mass is 428 g/mol. The molecule has 2 aromatic rings. The standard InChI is InChI=1S/C20H23F3N2O3S/c1-13-8-14(2)10-18(9-13)25(29(4,27)28)15(3)19(26)24-12-16-6-5-7-17(11-16)20(21,22)23/h5-11,15H,12H2,1-4H3,(H,24,26)/t15-/m1/s1. The number of benzene rings is 2. The fraction of sp³-hybridized carbons (Fsp3) is 0.350. The minimum Gasteiger partial charge on any atom is -0.350 e. The molecule has 1 N–H and O–H groups in total. The van der Waals surface area contributed by atoms with Crippen molar-refractivity contribution in [3.05, 3.63) is 64.7 Å². The number of nitrogens with zero attached hydrogens (tertiary/aromatic N) is 1. The van der Waals surface area contributed by atoms with Crippen molar-refractivity contribution in [2.45, 2.75) is 39.5 Å². The zero-order chi connectivity index (χ0) is 22.0. The van der Waals surface area contributed by atoms with E-state index in [4.69, 9.17) is 0 Å². The van der Waals surface area contributed by atoms with Gasteiger partial charge in [-0.2, -0.15) is 13.2 Å². The quantitative estimate of drug-likeness (QED) is 0.761. The lowest BCUT2D eigenvalue weighted by atomic mass is 10.1. The average molecular weight is 428 g/mol. The number of alkyl halides is 3. The summed E-state index contributed by atoms with van der Waals surface area (Å²) in [4.78, 5) is 12.6. The Labute approximate surface area is 168 Å². The van der Waals surface area contributed by atoms with E-state index in [0.717, 1.165) is 33.8 Å². The van der Waals surface area contributed by atoms with E-state index < -0.39 is 33.7 Å². The van der Waals surface area contributed by atoms with Crippen molar-refractivity contribution in [2.75, 3.05) is 10.6 Å². The molecule has 0 aromatic heterocycles. The Kier molecular flexibility index (Phi) is 6.62. The van der Waals surface area contributed by atoms with Gasteiger partial charge in [0.15, 0.2) is 0 Å². The number of rotatable bonds is 6. The normalized spacial score (nSPS) is 13.1. The first-order chi connectivity index (χ1) is 13.3. The van der Waals surface area contributed by atoms with Crippen LogP contribution in [0.15, 0.2) is 42.5 Å². The van der Waals surface area contributed by atoms with Gasteiger partial charge < -0.3 is 5.32 Å². The first-order valence-corrected chi connectivity index (χ1v) is 10.7. The van der Waals surface area contributed by atoms with E-state index >= 15 is 0 Å². The summed E-state index contributed by atoms with van der Waals surface area (Å²) in [6.07, 6.45) is -3.48. The van der Waals surface area contributed by atoms with Gasteiger partial charge in [0.25, 0.3) is 0 Å². The molecule has 9 heteroatoms. The van der Waals surface area contributed by atoms with Crippen LogP contribution in [0.3, 0.4) is 0 Å². The lowest BCUT2D eigenvalue weighted by molar-refractivity contribution is -0.137. The predicted octanol–water partition coefficient (Wildman–Crippen LogP) is 3.79. The van der Waals surface area contributed by atoms with Crippen molar-refractivity contribution >= 4 is 21.6 Å². The Balaban J connectivity index is 2.22. The van der Waals surface area contributed by atoms with E-state index in [2.05, 4.69) is 5.32 Å². The van der Waals surface area contributed by atoms with Crippen LogP contribution in [0.2, 0.25) is 0 Å². The molecule has 0 radical (unpaired) electrons. The maximum Gasteiger partial charge on any atom is 0.416 e. The number of aryl methyl sites for hydroxylation is 2. The summed E-state index contributed by atoms with van der Waals surface area (Å²) in [5.41, 5.74) is 1.48. The van der Waals surface area contributed by atoms with Gasteiger partial charge in [0, 0.05) is 6.54 Å².